The van der Waals surface area contributed by atoms with E-state index in [1.165, 1.54) is 5.69 Å². The van der Waals surface area contributed by atoms with Gasteiger partial charge in [0.15, 0.2) is 0 Å². The Kier molecular flexibility index (Phi) is 9.63. The van der Waals surface area contributed by atoms with Crippen LogP contribution in [0.3, 0.4) is 0 Å². The molecular formula is C16H28IN3O2. The van der Waals surface area contributed by atoms with Crippen LogP contribution in [0.25, 0.3) is 0 Å². The molecule has 0 saturated carbocycles. The first kappa shape index (κ1) is 21.1. The fraction of sp³-hybridized carbons (Fsp3) is 0.562. The van der Waals surface area contributed by atoms with E-state index in [2.05, 4.69) is 38.2 Å². The Bertz CT molecular complexity index is 445. The first-order chi connectivity index (χ1) is 9.92. The number of nitrogens with zero attached hydrogens (tertiary/aromatic N) is 2. The van der Waals surface area contributed by atoms with E-state index in [0.717, 1.165) is 30.7 Å². The highest BCUT2D eigenvalue weighted by molar-refractivity contribution is 5.70. The van der Waals surface area contributed by atoms with E-state index in [0.29, 0.717) is 5.75 Å². The maximum atomic E-state index is 11.2. The number of hydrogen-bond acceptors (Lipinski definition) is 3. The zero-order chi connectivity index (χ0) is 15.9. The van der Waals surface area contributed by atoms with Gasteiger partial charge in [0.1, 0.15) is 11.4 Å². The molecule has 0 fully saturated rings. The van der Waals surface area contributed by atoms with Gasteiger partial charge in [-0.25, -0.2) is 4.79 Å². The van der Waals surface area contributed by atoms with Crippen molar-refractivity contribution in [3.05, 3.63) is 24.3 Å². The van der Waals surface area contributed by atoms with Gasteiger partial charge < -0.3 is 34.0 Å². The number of rotatable bonds is 7. The Labute approximate surface area is 151 Å². The van der Waals surface area contributed by atoms with Crippen LogP contribution in [-0.4, -0.2) is 58.3 Å². The Hall–Kier alpha value is -0.860. The summed E-state index contributed by atoms with van der Waals surface area (Å²) < 4.78 is 5.90. The molecule has 1 N–H and O–H groups in total. The van der Waals surface area contributed by atoms with Gasteiger partial charge in [-0.3, -0.25) is 9.38 Å². The first-order valence-electron chi connectivity index (χ1n) is 7.48. The lowest BCUT2D eigenvalue weighted by molar-refractivity contribution is -0.00000969. The summed E-state index contributed by atoms with van der Waals surface area (Å²) in [7, 11) is 5.93. The molecule has 0 radical (unpaired) electrons. The van der Waals surface area contributed by atoms with Crippen molar-refractivity contribution in [2.75, 3.05) is 47.3 Å². The Morgan fingerprint density at radius 2 is 1.73 bits per heavy atom. The maximum absolute atomic E-state index is 11.2. The van der Waals surface area contributed by atoms with E-state index in [9.17, 15) is 4.79 Å². The zero-order valence-corrected chi connectivity index (χ0v) is 16.4. The fourth-order valence-electron chi connectivity index (χ4n) is 2.14. The standard InChI is InChI=1S/C16H27N3O2.HI/c1-6-18(7-2)12-13-19(4,5)14-8-10-15(11-9-14)21-16(20)17-3;/h8-11H,6-7,12-13H2,1-5H3;1H. The molecule has 0 spiro atoms. The fourth-order valence-corrected chi connectivity index (χ4v) is 2.14. The first-order valence-corrected chi connectivity index (χ1v) is 7.48. The highest BCUT2D eigenvalue weighted by Gasteiger charge is 2.19. The SMILES string of the molecule is CCN(CC)CC[N+](C)(C)c1ccc(OC(=O)NC)cc1.[I-]. The number of ether oxygens (including phenoxy) is 1. The van der Waals surface area contributed by atoms with E-state index >= 15 is 0 Å². The second kappa shape index (κ2) is 10.0. The second-order valence-corrected chi connectivity index (χ2v) is 5.57. The zero-order valence-electron chi connectivity index (χ0n) is 14.2. The van der Waals surface area contributed by atoms with Crippen LogP contribution in [0.15, 0.2) is 24.3 Å². The van der Waals surface area contributed by atoms with E-state index in [1.54, 1.807) is 7.05 Å². The van der Waals surface area contributed by atoms with Crippen molar-refractivity contribution in [1.82, 2.24) is 14.7 Å². The van der Waals surface area contributed by atoms with Crippen molar-refractivity contribution >= 4 is 11.8 Å². The van der Waals surface area contributed by atoms with Crippen LogP contribution < -0.4 is 38.5 Å². The predicted octanol–water partition coefficient (Wildman–Crippen LogP) is -0.682. The summed E-state index contributed by atoms with van der Waals surface area (Å²) in [5, 5.41) is 2.43. The third kappa shape index (κ3) is 6.50. The van der Waals surface area contributed by atoms with Crippen LogP contribution >= 0.6 is 0 Å². The van der Waals surface area contributed by atoms with Crippen molar-refractivity contribution in [2.45, 2.75) is 13.8 Å². The van der Waals surface area contributed by atoms with E-state index in [-0.39, 0.29) is 24.0 Å². The quantitative estimate of drug-likeness (QED) is 0.469. The molecule has 0 atom stereocenters. The molecule has 0 saturated heterocycles. The smallest absolute Gasteiger partial charge is 0.412 e. The molecule has 0 aliphatic rings. The largest absolute Gasteiger partial charge is 1.00 e. The Morgan fingerprint density at radius 1 is 1.18 bits per heavy atom. The maximum Gasteiger partial charge on any atom is 0.412 e. The van der Waals surface area contributed by atoms with Gasteiger partial charge in [0.2, 0.25) is 0 Å². The molecule has 1 amide bonds. The van der Waals surface area contributed by atoms with Crippen molar-refractivity contribution < 1.29 is 33.5 Å². The highest BCUT2D eigenvalue weighted by Crippen LogP contribution is 2.22. The third-order valence-electron chi connectivity index (χ3n) is 3.82. The van der Waals surface area contributed by atoms with Crippen LogP contribution in [-0.2, 0) is 0 Å². The van der Waals surface area contributed by atoms with Crippen LogP contribution in [0, 0.1) is 0 Å². The molecule has 0 aliphatic carbocycles. The molecule has 5 nitrogen and oxygen atoms in total. The lowest BCUT2D eigenvalue weighted by Gasteiger charge is -2.31. The minimum Gasteiger partial charge on any atom is -1.00 e. The van der Waals surface area contributed by atoms with Crippen molar-refractivity contribution in [2.24, 2.45) is 0 Å². The summed E-state index contributed by atoms with van der Waals surface area (Å²) in [6.07, 6.45) is -0.446. The minimum atomic E-state index is -0.446. The van der Waals surface area contributed by atoms with E-state index in [4.69, 9.17) is 4.74 Å². The molecule has 22 heavy (non-hydrogen) atoms. The summed E-state index contributed by atoms with van der Waals surface area (Å²) in [5.41, 5.74) is 1.20. The van der Waals surface area contributed by atoms with Gasteiger partial charge in [0, 0.05) is 25.7 Å². The molecule has 1 rings (SSSR count). The Balaban J connectivity index is 0.00000441. The van der Waals surface area contributed by atoms with E-state index < -0.39 is 6.09 Å². The Morgan fingerprint density at radius 3 is 2.18 bits per heavy atom. The van der Waals surface area contributed by atoms with Crippen molar-refractivity contribution in [3.8, 4) is 5.75 Å². The number of halogens is 1. The molecule has 1 aromatic rings. The van der Waals surface area contributed by atoms with Gasteiger partial charge >= 0.3 is 6.09 Å². The number of benzene rings is 1. The summed E-state index contributed by atoms with van der Waals surface area (Å²) in [4.78, 5) is 13.6. The van der Waals surface area contributed by atoms with Gasteiger partial charge in [-0.1, -0.05) is 13.8 Å². The number of hydrogen-bond donors (Lipinski definition) is 1. The average molecular weight is 421 g/mol. The molecule has 0 aromatic heterocycles. The van der Waals surface area contributed by atoms with Crippen molar-refractivity contribution in [1.29, 1.82) is 0 Å². The summed E-state index contributed by atoms with van der Waals surface area (Å²) in [6, 6.07) is 7.70. The van der Waals surface area contributed by atoms with Gasteiger partial charge in [0.25, 0.3) is 0 Å². The topological polar surface area (TPSA) is 41.6 Å². The monoisotopic (exact) mass is 421 g/mol. The molecule has 0 unspecified atom stereocenters. The lowest BCUT2D eigenvalue weighted by atomic mass is 10.2. The highest BCUT2D eigenvalue weighted by atomic mass is 127. The van der Waals surface area contributed by atoms with Crippen LogP contribution in [0.5, 0.6) is 5.75 Å². The van der Waals surface area contributed by atoms with Gasteiger partial charge in [-0.2, -0.15) is 0 Å². The van der Waals surface area contributed by atoms with E-state index in [1.807, 2.05) is 24.3 Å². The summed E-state index contributed by atoms with van der Waals surface area (Å²) in [5.74, 6) is 0.557. The molecule has 0 heterocycles. The van der Waals surface area contributed by atoms with Crippen LogP contribution in [0.2, 0.25) is 0 Å². The normalized spacial score (nSPS) is 11.0. The number of amides is 1. The average Bonchev–Trinajstić information content (AvgIpc) is 2.48. The van der Waals surface area contributed by atoms with Crippen LogP contribution in [0.4, 0.5) is 10.5 Å². The molecule has 6 heteroatoms. The number of quaternary nitrogens is 1. The van der Waals surface area contributed by atoms with Crippen molar-refractivity contribution in [3.63, 3.8) is 0 Å². The number of carbonyl (C=O) groups is 1. The third-order valence-corrected chi connectivity index (χ3v) is 3.82. The molecule has 0 aliphatic heterocycles. The van der Waals surface area contributed by atoms with Gasteiger partial charge in [0.05, 0.1) is 20.6 Å². The van der Waals surface area contributed by atoms with Gasteiger partial charge in [-0.05, 0) is 25.2 Å². The molecule has 126 valence electrons. The number of carbonyl (C=O) groups excluding carboxylic acids is 1. The molecular weight excluding hydrogens is 393 g/mol. The second-order valence-electron chi connectivity index (χ2n) is 5.57. The minimum absolute atomic E-state index is 0. The van der Waals surface area contributed by atoms with Gasteiger partial charge in [-0.15, -0.1) is 0 Å². The van der Waals surface area contributed by atoms with Crippen LogP contribution in [0.1, 0.15) is 13.8 Å². The number of likely N-dealkylation sites (N-methyl/N-ethyl adjacent to an activating group) is 2. The lowest BCUT2D eigenvalue weighted by Crippen LogP contribution is -3.00. The molecule has 1 aromatic carbocycles. The number of nitrogens with one attached hydrogen (secondary N) is 1. The summed E-state index contributed by atoms with van der Waals surface area (Å²) in [6.45, 7) is 8.64. The summed E-state index contributed by atoms with van der Waals surface area (Å²) >= 11 is 0. The molecule has 0 bridgehead atoms. The predicted molar refractivity (Wildman–Crippen MR) is 87.8 cm³/mol.